The second-order valence-corrected chi connectivity index (χ2v) is 6.84. The number of rotatable bonds is 6. The molecule has 0 aromatic rings. The largest absolute Gasteiger partial charge is 0.463 e. The van der Waals surface area contributed by atoms with Crippen molar-refractivity contribution in [3.63, 3.8) is 0 Å². The Morgan fingerprint density at radius 1 is 1.42 bits per heavy atom. The lowest BCUT2D eigenvalue weighted by atomic mass is 9.97. The predicted octanol–water partition coefficient (Wildman–Crippen LogP) is 1.92. The highest BCUT2D eigenvalue weighted by Crippen LogP contribution is 2.18. The quantitative estimate of drug-likeness (QED) is 0.569. The molecule has 1 aliphatic rings. The third kappa shape index (κ3) is 7.02. The molecule has 136 valence electrons. The second kappa shape index (κ2) is 8.70. The van der Waals surface area contributed by atoms with E-state index < -0.39 is 23.7 Å². The molecule has 0 saturated carbocycles. The molecular weight excluding hydrogens is 312 g/mol. The molecule has 24 heavy (non-hydrogen) atoms. The minimum absolute atomic E-state index is 0.0341. The van der Waals surface area contributed by atoms with Gasteiger partial charge in [-0.1, -0.05) is 6.08 Å². The molecule has 1 aliphatic heterocycles. The van der Waals surface area contributed by atoms with Gasteiger partial charge in [-0.25, -0.2) is 9.59 Å². The van der Waals surface area contributed by atoms with Crippen LogP contribution in [0.3, 0.4) is 0 Å². The van der Waals surface area contributed by atoms with E-state index >= 15 is 0 Å². The Hall–Kier alpha value is -2.05. The molecule has 2 atom stereocenters. The fraction of sp³-hybridized carbons (Fsp3) is 0.706. The van der Waals surface area contributed by atoms with E-state index in [2.05, 4.69) is 10.6 Å². The molecular formula is C17H28N2O5. The van der Waals surface area contributed by atoms with Crippen molar-refractivity contribution in [2.45, 2.75) is 59.1 Å². The van der Waals surface area contributed by atoms with Crippen LogP contribution in [0.2, 0.25) is 0 Å². The van der Waals surface area contributed by atoms with Crippen molar-refractivity contribution in [2.75, 3.05) is 13.2 Å². The fourth-order valence-corrected chi connectivity index (χ4v) is 2.42. The molecule has 1 fully saturated rings. The van der Waals surface area contributed by atoms with Crippen molar-refractivity contribution in [1.82, 2.24) is 10.6 Å². The molecule has 0 aromatic carbocycles. The molecule has 2 amide bonds. The lowest BCUT2D eigenvalue weighted by Crippen LogP contribution is -2.40. The molecule has 0 bridgehead atoms. The standard InChI is InChI=1S/C17H28N2O5/c1-6-23-15(21)11(2)9-13(10-12-7-8-18-14(12)20)19-16(22)24-17(3,4)5/h9,12-13H,6-8,10H2,1-5H3,(H,18,20)(H,19,22)/t12-,13+/m0/s1. The number of esters is 1. The Bertz CT molecular complexity index is 508. The first-order valence-corrected chi connectivity index (χ1v) is 8.25. The van der Waals surface area contributed by atoms with Crippen LogP contribution in [0.15, 0.2) is 11.6 Å². The van der Waals surface area contributed by atoms with Gasteiger partial charge in [0.2, 0.25) is 5.91 Å². The maximum Gasteiger partial charge on any atom is 0.408 e. The molecule has 0 aliphatic carbocycles. The van der Waals surface area contributed by atoms with E-state index in [-0.39, 0.29) is 18.4 Å². The average Bonchev–Trinajstić information content (AvgIpc) is 2.82. The number of ether oxygens (including phenoxy) is 2. The van der Waals surface area contributed by atoms with E-state index in [1.165, 1.54) is 0 Å². The van der Waals surface area contributed by atoms with Gasteiger partial charge in [0.25, 0.3) is 0 Å². The normalized spacial score (nSPS) is 19.5. The Morgan fingerprint density at radius 3 is 2.58 bits per heavy atom. The SMILES string of the molecule is CCOC(=O)C(C)=C[C@H](C[C@@H]1CCNC1=O)NC(=O)OC(C)(C)C. The van der Waals surface area contributed by atoms with Crippen LogP contribution >= 0.6 is 0 Å². The highest BCUT2D eigenvalue weighted by molar-refractivity contribution is 5.88. The van der Waals surface area contributed by atoms with Gasteiger partial charge in [-0.05, 0) is 47.5 Å². The Morgan fingerprint density at radius 2 is 2.08 bits per heavy atom. The zero-order chi connectivity index (χ0) is 18.3. The molecule has 0 aromatic heterocycles. The molecule has 7 nitrogen and oxygen atoms in total. The minimum Gasteiger partial charge on any atom is -0.463 e. The van der Waals surface area contributed by atoms with Crippen LogP contribution in [0.1, 0.15) is 47.5 Å². The third-order valence-electron chi connectivity index (χ3n) is 3.45. The molecule has 2 N–H and O–H groups in total. The van der Waals surface area contributed by atoms with Crippen LogP contribution in [0.5, 0.6) is 0 Å². The van der Waals surface area contributed by atoms with Gasteiger partial charge in [0.1, 0.15) is 5.60 Å². The van der Waals surface area contributed by atoms with Gasteiger partial charge >= 0.3 is 12.1 Å². The summed E-state index contributed by atoms with van der Waals surface area (Å²) in [4.78, 5) is 35.6. The molecule has 1 heterocycles. The molecule has 1 rings (SSSR count). The summed E-state index contributed by atoms with van der Waals surface area (Å²) in [6.45, 7) is 9.56. The minimum atomic E-state index is -0.626. The summed E-state index contributed by atoms with van der Waals surface area (Å²) >= 11 is 0. The molecule has 0 unspecified atom stereocenters. The van der Waals surface area contributed by atoms with E-state index in [1.54, 1.807) is 40.7 Å². The number of hydrogen-bond acceptors (Lipinski definition) is 5. The van der Waals surface area contributed by atoms with E-state index in [9.17, 15) is 14.4 Å². The average molecular weight is 340 g/mol. The molecule has 0 spiro atoms. The van der Waals surface area contributed by atoms with Crippen LogP contribution in [-0.2, 0) is 19.1 Å². The van der Waals surface area contributed by atoms with Crippen molar-refractivity contribution >= 4 is 18.0 Å². The van der Waals surface area contributed by atoms with Gasteiger partial charge in [0.05, 0.1) is 12.6 Å². The van der Waals surface area contributed by atoms with E-state index in [1.807, 2.05) is 0 Å². The summed E-state index contributed by atoms with van der Waals surface area (Å²) in [5.74, 6) is -0.672. The number of amides is 2. The zero-order valence-electron chi connectivity index (χ0n) is 15.1. The van der Waals surface area contributed by atoms with Crippen LogP contribution in [0.4, 0.5) is 4.79 Å². The van der Waals surface area contributed by atoms with E-state index in [4.69, 9.17) is 9.47 Å². The fourth-order valence-electron chi connectivity index (χ4n) is 2.42. The van der Waals surface area contributed by atoms with Gasteiger partial charge in [-0.15, -0.1) is 0 Å². The Labute approximate surface area is 143 Å². The summed E-state index contributed by atoms with van der Waals surface area (Å²) in [5.41, 5.74) is -0.240. The topological polar surface area (TPSA) is 93.7 Å². The summed E-state index contributed by atoms with van der Waals surface area (Å²) < 4.78 is 10.2. The Balaban J connectivity index is 2.82. The summed E-state index contributed by atoms with van der Waals surface area (Å²) in [7, 11) is 0. The summed E-state index contributed by atoms with van der Waals surface area (Å²) in [6, 6.07) is -0.488. The van der Waals surface area contributed by atoms with Crippen molar-refractivity contribution in [1.29, 1.82) is 0 Å². The lowest BCUT2D eigenvalue weighted by molar-refractivity contribution is -0.138. The van der Waals surface area contributed by atoms with Gasteiger partial charge in [0.15, 0.2) is 0 Å². The molecule has 0 radical (unpaired) electrons. The first-order valence-electron chi connectivity index (χ1n) is 8.25. The number of nitrogens with one attached hydrogen (secondary N) is 2. The van der Waals surface area contributed by atoms with Crippen molar-refractivity contribution in [2.24, 2.45) is 5.92 Å². The van der Waals surface area contributed by atoms with Gasteiger partial charge < -0.3 is 20.1 Å². The number of hydrogen-bond donors (Lipinski definition) is 2. The van der Waals surface area contributed by atoms with E-state index in [0.29, 0.717) is 25.0 Å². The predicted molar refractivity (Wildman–Crippen MR) is 89.3 cm³/mol. The second-order valence-electron chi connectivity index (χ2n) is 6.84. The maximum atomic E-state index is 12.0. The van der Waals surface area contributed by atoms with Crippen molar-refractivity contribution in [3.05, 3.63) is 11.6 Å². The lowest BCUT2D eigenvalue weighted by Gasteiger charge is -2.23. The monoisotopic (exact) mass is 340 g/mol. The van der Waals surface area contributed by atoms with Crippen molar-refractivity contribution < 1.29 is 23.9 Å². The number of carbonyl (C=O) groups is 3. The smallest absolute Gasteiger partial charge is 0.408 e. The third-order valence-corrected chi connectivity index (χ3v) is 3.45. The Kier molecular flexibility index (Phi) is 7.25. The highest BCUT2D eigenvalue weighted by atomic mass is 16.6. The maximum absolute atomic E-state index is 12.0. The zero-order valence-corrected chi connectivity index (χ0v) is 15.1. The van der Waals surface area contributed by atoms with Crippen LogP contribution in [0.25, 0.3) is 0 Å². The van der Waals surface area contributed by atoms with Crippen LogP contribution < -0.4 is 10.6 Å². The van der Waals surface area contributed by atoms with Crippen molar-refractivity contribution in [3.8, 4) is 0 Å². The van der Waals surface area contributed by atoms with Gasteiger partial charge in [-0.3, -0.25) is 4.79 Å². The van der Waals surface area contributed by atoms with Gasteiger partial charge in [0, 0.05) is 18.0 Å². The van der Waals surface area contributed by atoms with E-state index in [0.717, 1.165) is 0 Å². The molecule has 7 heteroatoms. The van der Waals surface area contributed by atoms with Crippen LogP contribution in [-0.4, -0.2) is 42.8 Å². The van der Waals surface area contributed by atoms with Crippen LogP contribution in [0, 0.1) is 5.92 Å². The summed E-state index contributed by atoms with van der Waals surface area (Å²) in [6.07, 6.45) is 2.14. The highest BCUT2D eigenvalue weighted by Gasteiger charge is 2.28. The summed E-state index contributed by atoms with van der Waals surface area (Å²) in [5, 5.41) is 5.49. The number of alkyl carbamates (subject to hydrolysis) is 1. The first kappa shape index (κ1) is 20.0. The van der Waals surface area contributed by atoms with Gasteiger partial charge in [-0.2, -0.15) is 0 Å². The molecule has 1 saturated heterocycles. The first-order chi connectivity index (χ1) is 11.1. The number of carbonyl (C=O) groups excluding carboxylic acids is 3.